The number of halogens is 2. The highest BCUT2D eigenvalue weighted by Gasteiger charge is 2.20. The summed E-state index contributed by atoms with van der Waals surface area (Å²) in [6, 6.07) is 11.9. The number of aromatic hydroxyl groups is 1. The lowest BCUT2D eigenvalue weighted by Gasteiger charge is -2.07. The summed E-state index contributed by atoms with van der Waals surface area (Å²) in [5.41, 5.74) is -1.16. The zero-order chi connectivity index (χ0) is 24.5. The van der Waals surface area contributed by atoms with Crippen molar-refractivity contribution in [2.24, 2.45) is 0 Å². The van der Waals surface area contributed by atoms with Gasteiger partial charge in [0, 0.05) is 24.3 Å². The Hall–Kier alpha value is -4.74. The number of ether oxygens (including phenoxy) is 1. The van der Waals surface area contributed by atoms with Gasteiger partial charge in [0.25, 0.3) is 0 Å². The van der Waals surface area contributed by atoms with Crippen LogP contribution in [0, 0.1) is 31.9 Å². The van der Waals surface area contributed by atoms with Crippen molar-refractivity contribution in [3.05, 3.63) is 103 Å². The van der Waals surface area contributed by atoms with Crippen molar-refractivity contribution in [3.8, 4) is 11.5 Å². The Morgan fingerprint density at radius 2 is 1.36 bits per heavy atom. The van der Waals surface area contributed by atoms with Gasteiger partial charge in [0.15, 0.2) is 24.1 Å². The van der Waals surface area contributed by atoms with Crippen molar-refractivity contribution in [2.45, 2.75) is 6.61 Å². The van der Waals surface area contributed by atoms with Crippen LogP contribution in [-0.4, -0.2) is 27.5 Å². The van der Waals surface area contributed by atoms with Crippen LogP contribution in [0.15, 0.2) is 54.6 Å². The van der Waals surface area contributed by atoms with E-state index in [-0.39, 0.29) is 30.5 Å². The number of benzene rings is 3. The second-order valence-electron chi connectivity index (χ2n) is 6.23. The molecule has 0 radical (unpaired) electrons. The van der Waals surface area contributed by atoms with Crippen LogP contribution in [0.25, 0.3) is 0 Å². The van der Waals surface area contributed by atoms with Crippen molar-refractivity contribution in [1.82, 2.24) is 0 Å². The van der Waals surface area contributed by atoms with Gasteiger partial charge < -0.3 is 9.84 Å². The molecule has 33 heavy (non-hydrogen) atoms. The van der Waals surface area contributed by atoms with E-state index in [0.717, 1.165) is 17.7 Å². The first kappa shape index (κ1) is 24.5. The fourth-order valence-corrected chi connectivity index (χ4v) is 2.45. The van der Waals surface area contributed by atoms with Crippen LogP contribution < -0.4 is 4.74 Å². The Labute approximate surface area is 184 Å². The summed E-state index contributed by atoms with van der Waals surface area (Å²) in [6.45, 7) is 0.0710. The number of aldehydes is 2. The molecule has 3 aromatic rings. The number of nitrogens with zero attached hydrogens (tertiary/aromatic N) is 2. The quantitative estimate of drug-likeness (QED) is 0.310. The highest BCUT2D eigenvalue weighted by molar-refractivity contribution is 5.78. The van der Waals surface area contributed by atoms with Gasteiger partial charge in [0.05, 0.1) is 21.0 Å². The number of carbonyl (C=O) groups excluding carboxylic acids is 2. The van der Waals surface area contributed by atoms with Gasteiger partial charge in [-0.05, 0) is 5.56 Å². The molecule has 10 nitrogen and oxygen atoms in total. The highest BCUT2D eigenvalue weighted by Crippen LogP contribution is 2.30. The molecule has 0 unspecified atom stereocenters. The molecule has 0 aliphatic heterocycles. The Morgan fingerprint density at radius 3 is 1.88 bits per heavy atom. The van der Waals surface area contributed by atoms with Crippen LogP contribution >= 0.6 is 0 Å². The minimum Gasteiger partial charge on any atom is -0.502 e. The Morgan fingerprint density at radius 1 is 0.848 bits per heavy atom. The number of hydrogen-bond donors (Lipinski definition) is 1. The number of phenols is 1. The van der Waals surface area contributed by atoms with E-state index in [9.17, 15) is 38.6 Å². The third kappa shape index (κ3) is 6.37. The van der Waals surface area contributed by atoms with Gasteiger partial charge >= 0.3 is 11.4 Å². The predicted octanol–water partition coefficient (Wildman–Crippen LogP) is 4.38. The van der Waals surface area contributed by atoms with E-state index in [1.54, 1.807) is 24.3 Å². The Balaban J connectivity index is 0.000000257. The van der Waals surface area contributed by atoms with Gasteiger partial charge in [-0.3, -0.25) is 29.8 Å². The van der Waals surface area contributed by atoms with E-state index in [0.29, 0.717) is 12.1 Å². The lowest BCUT2D eigenvalue weighted by molar-refractivity contribution is -0.386. The summed E-state index contributed by atoms with van der Waals surface area (Å²) in [4.78, 5) is 40.3. The molecule has 0 aromatic heterocycles. The summed E-state index contributed by atoms with van der Waals surface area (Å²) in [7, 11) is 0. The molecule has 0 spiro atoms. The minimum atomic E-state index is -0.988. The van der Waals surface area contributed by atoms with Crippen molar-refractivity contribution < 1.29 is 38.1 Å². The standard InChI is InChI=1S/C14H10FNO4.C7H4FNO4/c15-12-7-14(13(16(18)19)6-11(12)8-17)20-9-10-4-2-1-3-5-10;8-5-2-7(11)6(9(12)13)1-4(5)3-10/h1-8H,9H2;1-3,11H. The van der Waals surface area contributed by atoms with E-state index in [1.807, 2.05) is 6.07 Å². The molecule has 0 atom stereocenters. The zero-order valence-electron chi connectivity index (χ0n) is 16.5. The first-order chi connectivity index (χ1) is 15.7. The van der Waals surface area contributed by atoms with Crippen molar-refractivity contribution in [3.63, 3.8) is 0 Å². The molecule has 12 heteroatoms. The lowest BCUT2D eigenvalue weighted by Crippen LogP contribution is -2.01. The van der Waals surface area contributed by atoms with Gasteiger partial charge in [-0.25, -0.2) is 8.78 Å². The molecule has 1 N–H and O–H groups in total. The molecule has 170 valence electrons. The third-order valence-electron chi connectivity index (χ3n) is 4.06. The SMILES string of the molecule is O=Cc1cc([N+](=O)[O-])c(O)cc1F.O=Cc1cc([N+](=O)[O-])c(OCc2ccccc2)cc1F. The van der Waals surface area contributed by atoms with Gasteiger partial charge in [-0.1, -0.05) is 30.3 Å². The van der Waals surface area contributed by atoms with Crippen molar-refractivity contribution >= 4 is 23.9 Å². The molecular formula is C21H14F2N2O8. The van der Waals surface area contributed by atoms with Gasteiger partial charge in [0.1, 0.15) is 18.2 Å². The second kappa shape index (κ2) is 11.0. The molecular weight excluding hydrogens is 446 g/mol. The van der Waals surface area contributed by atoms with Crippen molar-refractivity contribution in [2.75, 3.05) is 0 Å². The molecule has 0 bridgehead atoms. The summed E-state index contributed by atoms with van der Waals surface area (Å²) < 4.78 is 31.4. The number of carbonyl (C=O) groups is 2. The Bertz CT molecular complexity index is 1200. The van der Waals surface area contributed by atoms with E-state index in [2.05, 4.69) is 0 Å². The molecule has 0 amide bonds. The molecule has 0 heterocycles. The maximum atomic E-state index is 13.5. The maximum Gasteiger partial charge on any atom is 0.311 e. The number of nitro benzene ring substituents is 2. The molecule has 3 rings (SSSR count). The normalized spacial score (nSPS) is 9.88. The lowest BCUT2D eigenvalue weighted by atomic mass is 10.2. The van der Waals surface area contributed by atoms with Crippen LogP contribution in [0.2, 0.25) is 0 Å². The molecule has 0 aliphatic carbocycles. The van der Waals surface area contributed by atoms with Gasteiger partial charge in [0.2, 0.25) is 0 Å². The number of hydrogen-bond acceptors (Lipinski definition) is 8. The summed E-state index contributed by atoms with van der Waals surface area (Å²) in [6.07, 6.45) is 0.366. The zero-order valence-corrected chi connectivity index (χ0v) is 16.5. The number of nitro groups is 2. The summed E-state index contributed by atoms with van der Waals surface area (Å²) in [5, 5.41) is 30.0. The first-order valence-electron chi connectivity index (χ1n) is 8.89. The maximum absolute atomic E-state index is 13.5. The fourth-order valence-electron chi connectivity index (χ4n) is 2.45. The minimum absolute atomic E-state index is 0.0710. The second-order valence-corrected chi connectivity index (χ2v) is 6.23. The topological polar surface area (TPSA) is 150 Å². The predicted molar refractivity (Wildman–Crippen MR) is 109 cm³/mol. The van der Waals surface area contributed by atoms with E-state index in [4.69, 9.17) is 9.84 Å². The summed E-state index contributed by atoms with van der Waals surface area (Å²) >= 11 is 0. The van der Waals surface area contributed by atoms with E-state index >= 15 is 0 Å². The molecule has 0 saturated heterocycles. The smallest absolute Gasteiger partial charge is 0.311 e. The van der Waals surface area contributed by atoms with Crippen LogP contribution in [0.1, 0.15) is 26.3 Å². The molecule has 3 aromatic carbocycles. The van der Waals surface area contributed by atoms with E-state index in [1.165, 1.54) is 0 Å². The van der Waals surface area contributed by atoms with Crippen LogP contribution in [0.4, 0.5) is 20.2 Å². The fraction of sp³-hybridized carbons (Fsp3) is 0.0476. The van der Waals surface area contributed by atoms with Crippen LogP contribution in [-0.2, 0) is 6.61 Å². The monoisotopic (exact) mass is 460 g/mol. The third-order valence-corrected chi connectivity index (χ3v) is 4.06. The molecule has 0 aliphatic rings. The number of phenolic OH excluding ortho intramolecular Hbond substituents is 1. The van der Waals surface area contributed by atoms with E-state index < -0.39 is 44.2 Å². The largest absolute Gasteiger partial charge is 0.502 e. The summed E-state index contributed by atoms with van der Waals surface area (Å²) in [5.74, 6) is -2.85. The van der Waals surface area contributed by atoms with Gasteiger partial charge in [-0.2, -0.15) is 0 Å². The average Bonchev–Trinajstić information content (AvgIpc) is 2.78. The molecule has 0 fully saturated rings. The molecule has 0 saturated carbocycles. The highest BCUT2D eigenvalue weighted by atomic mass is 19.1. The van der Waals surface area contributed by atoms with Crippen LogP contribution in [0.3, 0.4) is 0 Å². The number of rotatable bonds is 7. The first-order valence-corrected chi connectivity index (χ1v) is 8.89. The average molecular weight is 460 g/mol. The van der Waals surface area contributed by atoms with Crippen molar-refractivity contribution in [1.29, 1.82) is 0 Å². The van der Waals surface area contributed by atoms with Gasteiger partial charge in [-0.15, -0.1) is 0 Å². The Kier molecular flexibility index (Phi) is 8.21. The van der Waals surface area contributed by atoms with Crippen LogP contribution in [0.5, 0.6) is 11.5 Å².